The highest BCUT2D eigenvalue weighted by molar-refractivity contribution is 7.80. The van der Waals surface area contributed by atoms with Crippen LogP contribution in [0.3, 0.4) is 0 Å². The summed E-state index contributed by atoms with van der Waals surface area (Å²) < 4.78 is 7.48. The van der Waals surface area contributed by atoms with Crippen LogP contribution in [0.15, 0.2) is 81.4 Å². The van der Waals surface area contributed by atoms with Crippen LogP contribution in [0.5, 0.6) is 0 Å². The number of halogens is 4. The lowest BCUT2D eigenvalue weighted by Gasteiger charge is -2.28. The molecule has 0 aliphatic carbocycles. The summed E-state index contributed by atoms with van der Waals surface area (Å²) in [5.74, 6) is 0. The first-order valence-electron chi connectivity index (χ1n) is 7.10. The number of alkyl halides is 3. The summed E-state index contributed by atoms with van der Waals surface area (Å²) >= 11 is 24.6. The highest BCUT2D eigenvalue weighted by Crippen LogP contribution is 2.56. The van der Waals surface area contributed by atoms with Crippen molar-refractivity contribution in [1.29, 1.82) is 5.26 Å². The van der Waals surface area contributed by atoms with Gasteiger partial charge in [0, 0.05) is 10.6 Å². The van der Waals surface area contributed by atoms with Crippen molar-refractivity contribution < 1.29 is 0 Å². The second-order valence-corrected chi connectivity index (χ2v) is 10.4. The minimum Gasteiger partial charge on any atom is -0.234 e. The van der Waals surface area contributed by atoms with Crippen LogP contribution in [0, 0.1) is 11.3 Å². The van der Waals surface area contributed by atoms with Gasteiger partial charge in [-0.15, -0.1) is 0 Å². The fraction of sp³-hybridized carbons (Fsp3) is 0.0588. The molecule has 0 N–H and O–H groups in total. The number of benzene rings is 2. The second kappa shape index (κ2) is 7.16. The predicted molar refractivity (Wildman–Crippen MR) is 108 cm³/mol. The topological polar surface area (TPSA) is 48.5 Å². The van der Waals surface area contributed by atoms with Crippen molar-refractivity contribution in [3.63, 3.8) is 0 Å². The van der Waals surface area contributed by atoms with E-state index in [-0.39, 0.29) is 16.4 Å². The molecule has 1 aliphatic heterocycles. The van der Waals surface area contributed by atoms with Gasteiger partial charge in [0.25, 0.3) is 0 Å². The summed E-state index contributed by atoms with van der Waals surface area (Å²) in [4.78, 5) is 0. The van der Waals surface area contributed by atoms with E-state index in [1.165, 1.54) is 0 Å². The highest BCUT2D eigenvalue weighted by Gasteiger charge is 2.38. The summed E-state index contributed by atoms with van der Waals surface area (Å²) in [5, 5.41) is 11.1. The van der Waals surface area contributed by atoms with E-state index in [1.807, 2.05) is 66.7 Å². The van der Waals surface area contributed by atoms with Gasteiger partial charge in [0.1, 0.15) is 29.7 Å². The quantitative estimate of drug-likeness (QED) is 0.456. The minimum absolute atomic E-state index is 0.000126. The van der Waals surface area contributed by atoms with Crippen LogP contribution in [-0.2, 0) is 0 Å². The molecular weight excluding hydrogens is 419 g/mol. The molecule has 0 spiro atoms. The molecule has 1 heterocycles. The fourth-order valence-corrected chi connectivity index (χ4v) is 6.36. The normalized spacial score (nSPS) is 16.7. The van der Waals surface area contributed by atoms with Crippen LogP contribution in [0.2, 0.25) is 0 Å². The molecule has 0 atom stereocenters. The van der Waals surface area contributed by atoms with Crippen molar-refractivity contribution in [2.75, 3.05) is 0 Å². The van der Waals surface area contributed by atoms with E-state index in [4.69, 9.17) is 51.1 Å². The van der Waals surface area contributed by atoms with E-state index in [1.54, 1.807) is 0 Å². The van der Waals surface area contributed by atoms with Crippen molar-refractivity contribution in [2.45, 2.75) is 3.79 Å². The number of allylic oxidation sites excluding steroid dienone is 2. The number of nitriles is 1. The molecular formula is C17H10Cl4N3P. The van der Waals surface area contributed by atoms with Gasteiger partial charge in [-0.1, -0.05) is 107 Å². The number of hydrogen-bond acceptors (Lipinski definition) is 3. The largest absolute Gasteiger partial charge is 0.234 e. The fourth-order valence-electron chi connectivity index (χ4n) is 2.44. The van der Waals surface area contributed by atoms with Gasteiger partial charge < -0.3 is 0 Å². The van der Waals surface area contributed by atoms with Crippen molar-refractivity contribution >= 4 is 69.4 Å². The van der Waals surface area contributed by atoms with Crippen LogP contribution in [0.4, 0.5) is 0 Å². The Balaban J connectivity index is 2.45. The molecule has 0 unspecified atom stereocenters. The first-order valence-corrected chi connectivity index (χ1v) is 10.3. The van der Waals surface area contributed by atoms with Gasteiger partial charge in [-0.05, 0) is 0 Å². The Kier molecular flexibility index (Phi) is 5.30. The van der Waals surface area contributed by atoms with E-state index in [9.17, 15) is 5.26 Å². The maximum atomic E-state index is 9.41. The summed E-state index contributed by atoms with van der Waals surface area (Å²) in [5.41, 5.74) is -0.00908. The summed E-state index contributed by atoms with van der Waals surface area (Å²) in [6.45, 7) is 0. The molecule has 0 saturated carbocycles. The third-order valence-corrected chi connectivity index (χ3v) is 7.48. The van der Waals surface area contributed by atoms with E-state index < -0.39 is 11.0 Å². The van der Waals surface area contributed by atoms with Crippen LogP contribution >= 0.6 is 53.6 Å². The molecule has 1 aliphatic rings. The molecule has 3 rings (SSSR count). The zero-order chi connectivity index (χ0) is 18.1. The Hall–Kier alpha value is -1.27. The predicted octanol–water partition coefficient (Wildman–Crippen LogP) is 5.55. The van der Waals surface area contributed by atoms with Gasteiger partial charge in [0.15, 0.2) is 0 Å². The van der Waals surface area contributed by atoms with Gasteiger partial charge >= 0.3 is 0 Å². The molecule has 0 radical (unpaired) electrons. The lowest BCUT2D eigenvalue weighted by Crippen LogP contribution is -2.21. The van der Waals surface area contributed by atoms with Gasteiger partial charge in [0.05, 0.1) is 0 Å². The summed E-state index contributed by atoms with van der Waals surface area (Å²) in [7, 11) is -2.74. The van der Waals surface area contributed by atoms with Crippen LogP contribution in [0.1, 0.15) is 0 Å². The Morgan fingerprint density at radius 3 is 1.76 bits per heavy atom. The zero-order valence-electron chi connectivity index (χ0n) is 12.6. The standard InChI is InChI=1S/C17H10Cl4N3P/c18-16-14(11-22)15(17(19,20)21)23-25(24-16,12-7-3-1-4-8-12)13-9-5-2-6-10-13/h1-10H. The number of hydrogen-bond donors (Lipinski definition) is 0. The lowest BCUT2D eigenvalue weighted by atomic mass is 10.2. The van der Waals surface area contributed by atoms with Gasteiger partial charge in [-0.25, -0.2) is 9.51 Å². The first kappa shape index (κ1) is 18.5. The molecule has 2 aromatic rings. The average molecular weight is 429 g/mol. The molecule has 0 fully saturated rings. The lowest BCUT2D eigenvalue weighted by molar-refractivity contribution is 1.18. The summed E-state index contributed by atoms with van der Waals surface area (Å²) in [6.07, 6.45) is 0. The van der Waals surface area contributed by atoms with Crippen LogP contribution < -0.4 is 10.6 Å². The smallest absolute Gasteiger partial charge is 0.233 e. The maximum absolute atomic E-state index is 9.41. The monoisotopic (exact) mass is 427 g/mol. The van der Waals surface area contributed by atoms with E-state index in [0.717, 1.165) is 10.6 Å². The van der Waals surface area contributed by atoms with E-state index >= 15 is 0 Å². The Morgan fingerprint density at radius 1 is 0.880 bits per heavy atom. The number of rotatable bonds is 2. The van der Waals surface area contributed by atoms with Gasteiger partial charge in [-0.3, -0.25) is 0 Å². The molecule has 0 amide bonds. The van der Waals surface area contributed by atoms with Crippen molar-refractivity contribution in [3.05, 3.63) is 71.9 Å². The summed E-state index contributed by atoms with van der Waals surface area (Å²) in [6, 6.07) is 20.9. The Labute approximate surface area is 165 Å². The number of nitrogens with zero attached hydrogens (tertiary/aromatic N) is 3. The van der Waals surface area contributed by atoms with Crippen molar-refractivity contribution in [1.82, 2.24) is 0 Å². The first-order chi connectivity index (χ1) is 11.9. The molecule has 126 valence electrons. The molecule has 0 saturated heterocycles. The molecule has 25 heavy (non-hydrogen) atoms. The van der Waals surface area contributed by atoms with Crippen LogP contribution in [-0.4, -0.2) is 8.96 Å². The average Bonchev–Trinajstić information content (AvgIpc) is 2.61. The highest BCUT2D eigenvalue weighted by atomic mass is 35.6. The maximum Gasteiger partial charge on any atom is 0.233 e. The second-order valence-electron chi connectivity index (χ2n) is 5.10. The molecule has 0 aromatic heterocycles. The van der Waals surface area contributed by atoms with Crippen molar-refractivity contribution in [2.24, 2.45) is 9.51 Å². The third-order valence-electron chi connectivity index (χ3n) is 3.53. The molecule has 2 aromatic carbocycles. The molecule has 0 bridgehead atoms. The molecule has 8 heteroatoms. The van der Waals surface area contributed by atoms with E-state index in [0.29, 0.717) is 0 Å². The zero-order valence-corrected chi connectivity index (χ0v) is 16.5. The van der Waals surface area contributed by atoms with Gasteiger partial charge in [-0.2, -0.15) is 5.26 Å². The molecule has 3 nitrogen and oxygen atoms in total. The van der Waals surface area contributed by atoms with Crippen LogP contribution in [0.25, 0.3) is 0 Å². The SMILES string of the molecule is N#CC1=C(C(Cl)(Cl)Cl)N=P(c2ccccc2)(c2ccccc2)N=C1Cl. The Morgan fingerprint density at radius 2 is 1.36 bits per heavy atom. The Bertz CT molecular complexity index is 911. The third kappa shape index (κ3) is 3.51. The minimum atomic E-state index is -2.74. The van der Waals surface area contributed by atoms with E-state index in [2.05, 4.69) is 4.76 Å². The van der Waals surface area contributed by atoms with Crippen molar-refractivity contribution in [3.8, 4) is 6.07 Å². The van der Waals surface area contributed by atoms with Gasteiger partial charge in [0.2, 0.25) is 3.79 Å².